The van der Waals surface area contributed by atoms with E-state index in [2.05, 4.69) is 42.4 Å². The second-order valence-corrected chi connectivity index (χ2v) is 16.3. The number of carbonyl (C=O) groups excluding carboxylic acids is 2. The van der Waals surface area contributed by atoms with E-state index in [1.165, 1.54) is 67.6 Å². The van der Waals surface area contributed by atoms with Gasteiger partial charge in [0.15, 0.2) is 0 Å². The number of benzene rings is 4. The van der Waals surface area contributed by atoms with Gasteiger partial charge in [0.25, 0.3) is 11.2 Å². The van der Waals surface area contributed by atoms with E-state index in [1.807, 2.05) is 0 Å². The molecule has 0 radical (unpaired) electrons. The van der Waals surface area contributed by atoms with Crippen molar-refractivity contribution >= 4 is 92.0 Å². The Hall–Kier alpha value is -5.86. The zero-order chi connectivity index (χ0) is 47.5. The van der Waals surface area contributed by atoms with Gasteiger partial charge in [0, 0.05) is 81.4 Å². The van der Waals surface area contributed by atoms with Crippen molar-refractivity contribution in [1.29, 1.82) is 0 Å². The van der Waals surface area contributed by atoms with Gasteiger partial charge < -0.3 is 20.7 Å². The smallest absolute Gasteiger partial charge is 0.397 e. The third kappa shape index (κ3) is 10.8. The van der Waals surface area contributed by atoms with Crippen LogP contribution in [0.5, 0.6) is 0 Å². The highest BCUT2D eigenvalue weighted by Crippen LogP contribution is 2.51. The maximum absolute atomic E-state index is 14.2. The van der Waals surface area contributed by atoms with Crippen molar-refractivity contribution in [3.63, 3.8) is 0 Å². The van der Waals surface area contributed by atoms with E-state index in [-0.39, 0.29) is 53.8 Å². The van der Waals surface area contributed by atoms with Crippen LogP contribution in [0.1, 0.15) is 48.9 Å². The molecule has 24 heteroatoms. The van der Waals surface area contributed by atoms with Crippen molar-refractivity contribution in [3.05, 3.63) is 146 Å². The minimum absolute atomic E-state index is 0.0372. The predicted octanol–water partition coefficient (Wildman–Crippen LogP) is 11.2. The first-order chi connectivity index (χ1) is 30.5. The Balaban J connectivity index is 0.000000200. The quantitative estimate of drug-likeness (QED) is 0.0906. The molecular formula is C41H30Cl5F6N9O4. The van der Waals surface area contributed by atoms with E-state index in [0.717, 1.165) is 12.1 Å². The lowest BCUT2D eigenvalue weighted by Gasteiger charge is -2.29. The molecule has 2 unspecified atom stereocenters. The number of nitrogens with one attached hydrogen (secondary N) is 1. The Morgan fingerprint density at radius 1 is 0.708 bits per heavy atom. The van der Waals surface area contributed by atoms with E-state index in [1.54, 1.807) is 47.4 Å². The number of nitrogens with two attached hydrogens (primary N) is 1. The predicted molar refractivity (Wildman–Crippen MR) is 233 cm³/mol. The van der Waals surface area contributed by atoms with Gasteiger partial charge in [0.1, 0.15) is 12.7 Å². The summed E-state index contributed by atoms with van der Waals surface area (Å²) in [5, 5.41) is 18.1. The molecule has 8 rings (SSSR count). The van der Waals surface area contributed by atoms with E-state index >= 15 is 0 Å². The van der Waals surface area contributed by atoms with Crippen LogP contribution in [0.25, 0.3) is 11.4 Å². The normalized spacial score (nSPS) is 17.9. The Bertz CT molecular complexity index is 2750. The molecule has 0 spiro atoms. The first kappa shape index (κ1) is 48.6. The van der Waals surface area contributed by atoms with Crippen molar-refractivity contribution in [2.45, 2.75) is 50.2 Å². The highest BCUT2D eigenvalue weighted by molar-refractivity contribution is 6.62. The second-order valence-electron chi connectivity index (χ2n) is 14.0. The summed E-state index contributed by atoms with van der Waals surface area (Å²) < 4.78 is 87.7. The first-order valence-electron chi connectivity index (χ1n) is 18.4. The van der Waals surface area contributed by atoms with Crippen LogP contribution in [-0.2, 0) is 30.5 Å². The number of oxime groups is 2. The maximum Gasteiger partial charge on any atom is 0.435 e. The van der Waals surface area contributed by atoms with E-state index in [4.69, 9.17) is 61.8 Å². The van der Waals surface area contributed by atoms with Gasteiger partial charge in [-0.05, 0) is 78.3 Å². The van der Waals surface area contributed by atoms with Crippen LogP contribution in [0.15, 0.2) is 114 Å². The molecule has 0 fully saturated rings. The van der Waals surface area contributed by atoms with Crippen molar-refractivity contribution in [2.75, 3.05) is 11.1 Å². The second kappa shape index (κ2) is 19.3. The molecule has 2 aliphatic heterocycles. The number of halogens is 11. The summed E-state index contributed by atoms with van der Waals surface area (Å²) in [5.74, 6) is -0.369. The molecule has 6 aromatic rings. The van der Waals surface area contributed by atoms with Crippen molar-refractivity contribution in [2.24, 2.45) is 10.3 Å². The number of nitrogen functional groups attached to an aromatic ring is 1. The van der Waals surface area contributed by atoms with Crippen LogP contribution in [0.2, 0.25) is 20.1 Å². The van der Waals surface area contributed by atoms with E-state index in [0.29, 0.717) is 33.9 Å². The Morgan fingerprint density at radius 3 is 1.58 bits per heavy atom. The summed E-state index contributed by atoms with van der Waals surface area (Å²) in [7, 11) is 0. The minimum Gasteiger partial charge on any atom is -0.397 e. The van der Waals surface area contributed by atoms with Gasteiger partial charge in [-0.3, -0.25) is 9.59 Å². The molecule has 4 heterocycles. The summed E-state index contributed by atoms with van der Waals surface area (Å²) in [4.78, 5) is 34.8. The van der Waals surface area contributed by atoms with Crippen molar-refractivity contribution in [3.8, 4) is 11.4 Å². The van der Waals surface area contributed by atoms with Gasteiger partial charge in [-0.15, -0.1) is 0 Å². The maximum atomic E-state index is 14.2. The van der Waals surface area contributed by atoms with Gasteiger partial charge >= 0.3 is 12.4 Å². The fraction of sp³-hybridized carbons (Fsp3) is 0.195. The zero-order valence-corrected chi connectivity index (χ0v) is 37.0. The molecule has 2 aromatic heterocycles. The largest absolute Gasteiger partial charge is 0.435 e. The van der Waals surface area contributed by atoms with Crippen molar-refractivity contribution in [1.82, 2.24) is 24.5 Å². The highest BCUT2D eigenvalue weighted by Gasteiger charge is 2.63. The molecule has 2 atom stereocenters. The number of hydrogen-bond donors (Lipinski definition) is 2. The number of anilines is 2. The van der Waals surface area contributed by atoms with E-state index in [9.17, 15) is 35.9 Å². The standard InChI is InChI=1S/C20H14Cl2F3N5O2.C19H13Cl2F3N4O.C2H3ClO/c1-11(31)28-16-4-12(2-3-18(16)30-10-26-9-27-30)17-8-19(32-29-17,20(23,24)25)13-5-14(21)7-15(22)6-13;20-13-7-12(8-14(21)9-13)18(19(22,23)24)10-16(27-29-18)11-2-3-17(15(25)6-11)28-5-1-4-26-28;1-2(3)4/h2-7,9-10H,8H2,1H3,(H,28,31);1-9H,10,25H2;1H3. The average Bonchev–Trinajstić information content (AvgIpc) is 4.04. The number of nitrogens with zero attached hydrogens (tertiary/aromatic N) is 7. The molecular weight excluding hydrogens is 974 g/mol. The molecule has 65 heavy (non-hydrogen) atoms. The lowest BCUT2D eigenvalue weighted by atomic mass is 9.86. The van der Waals surface area contributed by atoms with Crippen LogP contribution >= 0.6 is 58.0 Å². The fourth-order valence-corrected chi connectivity index (χ4v) is 7.63. The molecule has 3 N–H and O–H groups in total. The van der Waals surface area contributed by atoms with Gasteiger partial charge in [-0.1, -0.05) is 68.8 Å². The highest BCUT2D eigenvalue weighted by atomic mass is 35.5. The third-order valence-corrected chi connectivity index (χ3v) is 10.3. The zero-order valence-electron chi connectivity index (χ0n) is 33.2. The molecule has 1 amide bonds. The van der Waals surface area contributed by atoms with Crippen LogP contribution in [0, 0.1) is 0 Å². The SMILES string of the molecule is CC(=O)Cl.CC(=O)Nc1cc(C2=NOC(c3cc(Cl)cc(Cl)c3)(C(F)(F)F)C2)ccc1-n1cncn1.Nc1cc(C2=NOC(c3cc(Cl)cc(Cl)c3)(C(F)(F)F)C2)ccc1-n1cccn1. The molecule has 2 aliphatic rings. The lowest BCUT2D eigenvalue weighted by molar-refractivity contribution is -0.276. The topological polar surface area (TPSA) is 164 Å². The lowest BCUT2D eigenvalue weighted by Crippen LogP contribution is -2.42. The number of carbonyl (C=O) groups is 2. The molecule has 0 bridgehead atoms. The minimum atomic E-state index is -4.81. The Morgan fingerprint density at radius 2 is 1.18 bits per heavy atom. The number of amides is 1. The monoisotopic (exact) mass is 1000 g/mol. The molecule has 4 aromatic carbocycles. The van der Waals surface area contributed by atoms with E-state index < -0.39 is 36.4 Å². The van der Waals surface area contributed by atoms with Gasteiger partial charge in [0.2, 0.25) is 11.1 Å². The first-order valence-corrected chi connectivity index (χ1v) is 20.3. The molecule has 340 valence electrons. The molecule has 0 aliphatic carbocycles. The Labute approximate surface area is 389 Å². The van der Waals surface area contributed by atoms with Crippen LogP contribution < -0.4 is 11.1 Å². The number of aromatic nitrogens is 5. The fourth-order valence-electron chi connectivity index (χ4n) is 6.58. The molecule has 0 saturated heterocycles. The molecule has 0 saturated carbocycles. The number of rotatable bonds is 7. The number of hydrogen-bond acceptors (Lipinski definition) is 10. The van der Waals surface area contributed by atoms with Gasteiger partial charge in [0.05, 0.1) is 34.2 Å². The summed E-state index contributed by atoms with van der Waals surface area (Å²) in [6.07, 6.45) is -4.69. The summed E-state index contributed by atoms with van der Waals surface area (Å²) in [6, 6.07) is 18.5. The Kier molecular flexibility index (Phi) is 14.4. The third-order valence-electron chi connectivity index (χ3n) is 9.45. The summed E-state index contributed by atoms with van der Waals surface area (Å²) in [6.45, 7) is 2.60. The summed E-state index contributed by atoms with van der Waals surface area (Å²) >= 11 is 28.3. The summed E-state index contributed by atoms with van der Waals surface area (Å²) in [5.41, 5.74) is 2.77. The van der Waals surface area contributed by atoms with Gasteiger partial charge in [-0.2, -0.15) is 36.5 Å². The van der Waals surface area contributed by atoms with Crippen LogP contribution in [-0.4, -0.2) is 59.5 Å². The van der Waals surface area contributed by atoms with Crippen molar-refractivity contribution < 1.29 is 45.6 Å². The average molecular weight is 1000 g/mol. The number of alkyl halides is 6. The molecule has 13 nitrogen and oxygen atoms in total. The van der Waals surface area contributed by atoms with Gasteiger partial charge in [-0.25, -0.2) is 14.3 Å². The van der Waals surface area contributed by atoms with Crippen LogP contribution in [0.3, 0.4) is 0 Å². The van der Waals surface area contributed by atoms with Crippen LogP contribution in [0.4, 0.5) is 37.7 Å².